The molecule has 2 atom stereocenters. The van der Waals surface area contributed by atoms with Crippen LogP contribution in [0.5, 0.6) is 0 Å². The van der Waals surface area contributed by atoms with E-state index in [0.29, 0.717) is 5.41 Å². The molecule has 2 heteroatoms. The van der Waals surface area contributed by atoms with Gasteiger partial charge in [0.15, 0.2) is 0 Å². The molecular weight excluding hydrogens is 244 g/mol. The van der Waals surface area contributed by atoms with Crippen LogP contribution < -0.4 is 5.32 Å². The molecule has 0 aliphatic heterocycles. The molecule has 20 heavy (non-hydrogen) atoms. The number of nitrogens with zero attached hydrogens (tertiary/aromatic N) is 1. The van der Waals surface area contributed by atoms with Gasteiger partial charge in [-0.15, -0.1) is 0 Å². The molecule has 0 amide bonds. The smallest absolute Gasteiger partial charge is 0.0312 e. The minimum Gasteiger partial charge on any atom is -0.312 e. The van der Waals surface area contributed by atoms with E-state index in [9.17, 15) is 0 Å². The van der Waals surface area contributed by atoms with E-state index in [0.717, 1.165) is 19.0 Å². The standard InChI is InChI=1S/C18H20N2/c1-2-6-17-15(5-1)7-8-18(17)10-16(18)13-20-12-14-4-3-9-19-11-14/h1-6,9,11,16,20H,7-8,10,12-13H2. The van der Waals surface area contributed by atoms with Crippen LogP contribution in [0.15, 0.2) is 48.8 Å². The van der Waals surface area contributed by atoms with E-state index < -0.39 is 0 Å². The second-order valence-corrected chi connectivity index (χ2v) is 6.21. The van der Waals surface area contributed by atoms with Crippen molar-refractivity contribution in [1.29, 1.82) is 0 Å². The highest BCUT2D eigenvalue weighted by Gasteiger charge is 2.57. The van der Waals surface area contributed by atoms with Gasteiger partial charge in [0.2, 0.25) is 0 Å². The number of hydrogen-bond acceptors (Lipinski definition) is 2. The highest BCUT2D eigenvalue weighted by molar-refractivity contribution is 5.45. The first kappa shape index (κ1) is 12.1. The Kier molecular flexibility index (Phi) is 2.85. The van der Waals surface area contributed by atoms with Gasteiger partial charge in [0.25, 0.3) is 0 Å². The quantitative estimate of drug-likeness (QED) is 0.918. The summed E-state index contributed by atoms with van der Waals surface area (Å²) in [5.74, 6) is 0.822. The van der Waals surface area contributed by atoms with Crippen LogP contribution >= 0.6 is 0 Å². The predicted octanol–water partition coefficient (Wildman–Crippen LogP) is 3.08. The number of rotatable bonds is 4. The van der Waals surface area contributed by atoms with Crippen LogP contribution in [0.25, 0.3) is 0 Å². The average Bonchev–Trinajstić information content (AvgIpc) is 3.08. The van der Waals surface area contributed by atoms with Gasteiger partial charge in [-0.2, -0.15) is 0 Å². The Hall–Kier alpha value is -1.67. The molecule has 2 aliphatic carbocycles. The maximum Gasteiger partial charge on any atom is 0.0312 e. The van der Waals surface area contributed by atoms with Crippen molar-refractivity contribution in [2.24, 2.45) is 5.92 Å². The van der Waals surface area contributed by atoms with Crippen molar-refractivity contribution in [3.8, 4) is 0 Å². The molecule has 102 valence electrons. The van der Waals surface area contributed by atoms with Gasteiger partial charge >= 0.3 is 0 Å². The van der Waals surface area contributed by atoms with Crippen molar-refractivity contribution < 1.29 is 0 Å². The van der Waals surface area contributed by atoms with Crippen LogP contribution in [0.4, 0.5) is 0 Å². The molecule has 1 N–H and O–H groups in total. The summed E-state index contributed by atoms with van der Waals surface area (Å²) in [7, 11) is 0. The fourth-order valence-electron chi connectivity index (χ4n) is 3.89. The zero-order valence-electron chi connectivity index (χ0n) is 11.7. The first-order chi connectivity index (χ1) is 9.88. The van der Waals surface area contributed by atoms with Gasteiger partial charge in [0.1, 0.15) is 0 Å². The van der Waals surface area contributed by atoms with Crippen LogP contribution in [0.3, 0.4) is 0 Å². The highest BCUT2D eigenvalue weighted by atomic mass is 14.9. The second kappa shape index (κ2) is 4.71. The van der Waals surface area contributed by atoms with Crippen LogP contribution in [0.2, 0.25) is 0 Å². The van der Waals surface area contributed by atoms with Gasteiger partial charge in [-0.1, -0.05) is 30.3 Å². The van der Waals surface area contributed by atoms with E-state index in [-0.39, 0.29) is 0 Å². The molecule has 1 fully saturated rings. The Morgan fingerprint density at radius 3 is 3.05 bits per heavy atom. The summed E-state index contributed by atoms with van der Waals surface area (Å²) in [6.07, 6.45) is 7.76. The molecule has 4 rings (SSSR count). The van der Waals surface area contributed by atoms with Crippen LogP contribution in [0.1, 0.15) is 29.5 Å². The molecule has 0 saturated heterocycles. The zero-order chi connectivity index (χ0) is 13.4. The van der Waals surface area contributed by atoms with Crippen LogP contribution in [-0.2, 0) is 18.4 Å². The van der Waals surface area contributed by atoms with Crippen molar-refractivity contribution in [3.63, 3.8) is 0 Å². The van der Waals surface area contributed by atoms with E-state index >= 15 is 0 Å². The fourth-order valence-corrected chi connectivity index (χ4v) is 3.89. The molecule has 0 bridgehead atoms. The molecule has 0 radical (unpaired) electrons. The maximum atomic E-state index is 4.16. The minimum atomic E-state index is 0.512. The van der Waals surface area contributed by atoms with Crippen molar-refractivity contribution in [3.05, 3.63) is 65.5 Å². The van der Waals surface area contributed by atoms with Crippen molar-refractivity contribution >= 4 is 0 Å². The number of aryl methyl sites for hydroxylation is 1. The van der Waals surface area contributed by atoms with E-state index in [1.165, 1.54) is 24.8 Å². The third-order valence-corrected chi connectivity index (χ3v) is 5.07. The lowest BCUT2D eigenvalue weighted by Gasteiger charge is -2.12. The summed E-state index contributed by atoms with van der Waals surface area (Å²) in [6.45, 7) is 2.06. The zero-order valence-corrected chi connectivity index (χ0v) is 11.7. The molecule has 2 nitrogen and oxygen atoms in total. The van der Waals surface area contributed by atoms with Crippen molar-refractivity contribution in [2.75, 3.05) is 6.54 Å². The van der Waals surface area contributed by atoms with Crippen molar-refractivity contribution in [1.82, 2.24) is 10.3 Å². The van der Waals surface area contributed by atoms with E-state index in [1.54, 1.807) is 11.1 Å². The lowest BCUT2D eigenvalue weighted by molar-refractivity contribution is 0.547. The molecule has 1 spiro atoms. The van der Waals surface area contributed by atoms with Crippen LogP contribution in [0, 0.1) is 5.92 Å². The van der Waals surface area contributed by atoms with E-state index in [1.807, 2.05) is 18.5 Å². The number of fused-ring (bicyclic) bond motifs is 2. The molecule has 2 aromatic rings. The molecular formula is C18H20N2. The highest BCUT2D eigenvalue weighted by Crippen LogP contribution is 2.61. The number of nitrogens with one attached hydrogen (secondary N) is 1. The Balaban J connectivity index is 1.37. The Morgan fingerprint density at radius 2 is 2.15 bits per heavy atom. The lowest BCUT2D eigenvalue weighted by atomic mass is 9.95. The second-order valence-electron chi connectivity index (χ2n) is 6.21. The van der Waals surface area contributed by atoms with Gasteiger partial charge in [-0.05, 0) is 54.5 Å². The molecule has 1 saturated carbocycles. The number of hydrogen-bond donors (Lipinski definition) is 1. The maximum absolute atomic E-state index is 4.16. The monoisotopic (exact) mass is 264 g/mol. The number of aromatic nitrogens is 1. The summed E-state index contributed by atoms with van der Waals surface area (Å²) in [6, 6.07) is 13.2. The minimum absolute atomic E-state index is 0.512. The summed E-state index contributed by atoms with van der Waals surface area (Å²) < 4.78 is 0. The predicted molar refractivity (Wildman–Crippen MR) is 80.5 cm³/mol. The SMILES string of the molecule is c1cncc(CNCC2CC23CCc2ccccc23)c1. The van der Waals surface area contributed by atoms with Crippen LogP contribution in [-0.4, -0.2) is 11.5 Å². The Morgan fingerprint density at radius 1 is 1.20 bits per heavy atom. The molecule has 1 aromatic carbocycles. The third kappa shape index (κ3) is 1.95. The topological polar surface area (TPSA) is 24.9 Å². The normalized spacial score (nSPS) is 26.7. The fraction of sp³-hybridized carbons (Fsp3) is 0.389. The van der Waals surface area contributed by atoms with Crippen molar-refractivity contribution in [2.45, 2.75) is 31.2 Å². The summed E-state index contributed by atoms with van der Waals surface area (Å²) >= 11 is 0. The number of pyridine rings is 1. The molecule has 2 aliphatic rings. The van der Waals surface area contributed by atoms with E-state index in [4.69, 9.17) is 0 Å². The molecule has 1 heterocycles. The molecule has 2 unspecified atom stereocenters. The summed E-state index contributed by atoms with van der Waals surface area (Å²) in [4.78, 5) is 4.16. The summed E-state index contributed by atoms with van der Waals surface area (Å²) in [5, 5.41) is 3.61. The first-order valence-corrected chi connectivity index (χ1v) is 7.56. The summed E-state index contributed by atoms with van der Waals surface area (Å²) in [5.41, 5.74) is 5.00. The first-order valence-electron chi connectivity index (χ1n) is 7.56. The van der Waals surface area contributed by atoms with Gasteiger partial charge in [0.05, 0.1) is 0 Å². The third-order valence-electron chi connectivity index (χ3n) is 5.07. The van der Waals surface area contributed by atoms with Gasteiger partial charge in [-0.25, -0.2) is 0 Å². The van der Waals surface area contributed by atoms with E-state index in [2.05, 4.69) is 40.6 Å². The van der Waals surface area contributed by atoms with Gasteiger partial charge in [0, 0.05) is 24.4 Å². The van der Waals surface area contributed by atoms with Gasteiger partial charge in [-0.3, -0.25) is 4.98 Å². The average molecular weight is 264 g/mol. The lowest BCUT2D eigenvalue weighted by Crippen LogP contribution is -2.20. The Labute approximate surface area is 120 Å². The van der Waals surface area contributed by atoms with Gasteiger partial charge < -0.3 is 5.32 Å². The Bertz CT molecular complexity index is 608. The number of benzene rings is 1. The largest absolute Gasteiger partial charge is 0.312 e. The molecule has 1 aromatic heterocycles.